The molecule has 0 saturated carbocycles. The number of pyridine rings is 1. The third kappa shape index (κ3) is 2.16. The van der Waals surface area contributed by atoms with Crippen molar-refractivity contribution in [2.75, 3.05) is 11.9 Å². The van der Waals surface area contributed by atoms with Crippen LogP contribution in [0.15, 0.2) is 18.3 Å². The average Bonchev–Trinajstić information content (AvgIpc) is 2.88. The first-order valence-corrected chi connectivity index (χ1v) is 6.78. The van der Waals surface area contributed by atoms with Gasteiger partial charge in [0.15, 0.2) is 0 Å². The lowest BCUT2D eigenvalue weighted by Gasteiger charge is -2.08. The zero-order valence-corrected chi connectivity index (χ0v) is 12.1. The van der Waals surface area contributed by atoms with Crippen molar-refractivity contribution < 1.29 is 14.3 Å². The minimum absolute atomic E-state index is 0.167. The Labute approximate surface area is 125 Å². The summed E-state index contributed by atoms with van der Waals surface area (Å²) in [5.74, 6) is -0.710. The highest BCUT2D eigenvalue weighted by Gasteiger charge is 2.16. The summed E-state index contributed by atoms with van der Waals surface area (Å²) in [6, 6.07) is 3.15. The predicted molar refractivity (Wildman–Crippen MR) is 80.9 cm³/mol. The van der Waals surface area contributed by atoms with Gasteiger partial charge in [-0.05, 0) is 19.1 Å². The molecule has 3 N–H and O–H groups in total. The summed E-state index contributed by atoms with van der Waals surface area (Å²) < 4.78 is 4.98. The van der Waals surface area contributed by atoms with E-state index in [1.165, 1.54) is 13.0 Å². The Hall–Kier alpha value is -2.96. The van der Waals surface area contributed by atoms with Gasteiger partial charge < -0.3 is 15.0 Å². The SMILES string of the molecule is CCOC(=O)c1cc2cnc3c(NC(C)=O)cc(=N)c([nH]1)c23. The molecule has 2 heterocycles. The van der Waals surface area contributed by atoms with E-state index in [2.05, 4.69) is 15.3 Å². The van der Waals surface area contributed by atoms with Gasteiger partial charge in [0.1, 0.15) is 5.69 Å². The molecule has 0 radical (unpaired) electrons. The number of benzene rings is 1. The molecule has 3 rings (SSSR count). The van der Waals surface area contributed by atoms with Crippen molar-refractivity contribution in [1.29, 1.82) is 5.41 Å². The van der Waals surface area contributed by atoms with Crippen molar-refractivity contribution in [1.82, 2.24) is 9.97 Å². The van der Waals surface area contributed by atoms with Crippen molar-refractivity contribution in [3.63, 3.8) is 0 Å². The van der Waals surface area contributed by atoms with Crippen LogP contribution in [0.3, 0.4) is 0 Å². The number of nitrogens with one attached hydrogen (secondary N) is 3. The lowest BCUT2D eigenvalue weighted by molar-refractivity contribution is -0.114. The molecule has 0 spiro atoms. The molecule has 0 aliphatic carbocycles. The maximum Gasteiger partial charge on any atom is 0.354 e. The van der Waals surface area contributed by atoms with E-state index in [-0.39, 0.29) is 23.6 Å². The van der Waals surface area contributed by atoms with E-state index in [4.69, 9.17) is 10.1 Å². The fraction of sp³-hybridized carbons (Fsp3) is 0.200. The van der Waals surface area contributed by atoms with Crippen molar-refractivity contribution in [3.05, 3.63) is 29.4 Å². The van der Waals surface area contributed by atoms with Gasteiger partial charge in [-0.25, -0.2) is 4.79 Å². The monoisotopic (exact) mass is 298 g/mol. The largest absolute Gasteiger partial charge is 0.461 e. The zero-order chi connectivity index (χ0) is 15.9. The summed E-state index contributed by atoms with van der Waals surface area (Å²) in [4.78, 5) is 30.4. The molecule has 2 aromatic heterocycles. The maximum absolute atomic E-state index is 11.9. The van der Waals surface area contributed by atoms with Crippen molar-refractivity contribution in [2.24, 2.45) is 0 Å². The molecule has 0 aliphatic rings. The lowest BCUT2D eigenvalue weighted by Crippen LogP contribution is -2.13. The molecule has 7 heteroatoms. The Morgan fingerprint density at radius 1 is 1.41 bits per heavy atom. The summed E-state index contributed by atoms with van der Waals surface area (Å²) in [5, 5.41) is 12.4. The third-order valence-electron chi connectivity index (χ3n) is 3.29. The Balaban J connectivity index is 2.28. The molecule has 22 heavy (non-hydrogen) atoms. The molecular formula is C15H14N4O3. The lowest BCUT2D eigenvalue weighted by atomic mass is 10.1. The van der Waals surface area contributed by atoms with Crippen molar-refractivity contribution in [2.45, 2.75) is 13.8 Å². The van der Waals surface area contributed by atoms with Gasteiger partial charge in [0.2, 0.25) is 5.91 Å². The minimum atomic E-state index is -0.479. The average molecular weight is 298 g/mol. The molecule has 0 fully saturated rings. The van der Waals surface area contributed by atoms with Gasteiger partial charge in [-0.1, -0.05) is 0 Å². The molecule has 1 amide bonds. The molecule has 0 aliphatic heterocycles. The molecule has 0 saturated heterocycles. The first-order chi connectivity index (χ1) is 10.5. The number of H-pyrrole nitrogens is 1. The van der Waals surface area contributed by atoms with Crippen LogP contribution in [-0.4, -0.2) is 28.5 Å². The van der Waals surface area contributed by atoms with Crippen LogP contribution in [-0.2, 0) is 9.53 Å². The van der Waals surface area contributed by atoms with Gasteiger partial charge in [-0.15, -0.1) is 0 Å². The van der Waals surface area contributed by atoms with Crippen LogP contribution in [0.25, 0.3) is 21.8 Å². The number of anilines is 1. The first kappa shape index (κ1) is 14.0. The van der Waals surface area contributed by atoms with Crippen molar-refractivity contribution in [3.8, 4) is 0 Å². The third-order valence-corrected chi connectivity index (χ3v) is 3.29. The topological polar surface area (TPSA) is 108 Å². The van der Waals surface area contributed by atoms with E-state index in [0.29, 0.717) is 27.5 Å². The maximum atomic E-state index is 11.9. The molecule has 3 aromatic rings. The summed E-state index contributed by atoms with van der Waals surface area (Å²) in [5.41, 5.74) is 1.83. The Morgan fingerprint density at radius 2 is 2.18 bits per heavy atom. The number of hydrogen-bond donors (Lipinski definition) is 3. The fourth-order valence-electron chi connectivity index (χ4n) is 2.46. The number of carbonyl (C=O) groups excluding carboxylic acids is 2. The second-order valence-electron chi connectivity index (χ2n) is 4.87. The summed E-state index contributed by atoms with van der Waals surface area (Å²) >= 11 is 0. The zero-order valence-electron chi connectivity index (χ0n) is 12.1. The second-order valence-corrected chi connectivity index (χ2v) is 4.87. The number of esters is 1. The normalized spacial score (nSPS) is 11.0. The van der Waals surface area contributed by atoms with Crippen LogP contribution < -0.4 is 10.7 Å². The summed E-state index contributed by atoms with van der Waals surface area (Å²) in [6.45, 7) is 3.40. The van der Waals surface area contributed by atoms with E-state index in [1.807, 2.05) is 0 Å². The summed E-state index contributed by atoms with van der Waals surface area (Å²) in [7, 11) is 0. The van der Waals surface area contributed by atoms with Gasteiger partial charge in [0, 0.05) is 23.9 Å². The van der Waals surface area contributed by atoms with Crippen LogP contribution >= 0.6 is 0 Å². The number of aromatic nitrogens is 2. The van der Waals surface area contributed by atoms with E-state index < -0.39 is 5.97 Å². The van der Waals surface area contributed by atoms with Gasteiger partial charge in [-0.3, -0.25) is 15.2 Å². The minimum Gasteiger partial charge on any atom is -0.461 e. The predicted octanol–water partition coefficient (Wildman–Crippen LogP) is 1.77. The van der Waals surface area contributed by atoms with Crippen LogP contribution in [0, 0.1) is 5.41 Å². The van der Waals surface area contributed by atoms with Gasteiger partial charge in [-0.2, -0.15) is 0 Å². The smallest absolute Gasteiger partial charge is 0.354 e. The van der Waals surface area contributed by atoms with Crippen LogP contribution in [0.5, 0.6) is 0 Å². The summed E-state index contributed by atoms with van der Waals surface area (Å²) in [6.07, 6.45) is 1.61. The van der Waals surface area contributed by atoms with E-state index in [9.17, 15) is 9.59 Å². The highest BCUT2D eigenvalue weighted by atomic mass is 16.5. The van der Waals surface area contributed by atoms with E-state index in [0.717, 1.165) is 0 Å². The number of amides is 1. The van der Waals surface area contributed by atoms with E-state index >= 15 is 0 Å². The molecule has 1 aromatic carbocycles. The molecule has 0 unspecified atom stereocenters. The molecule has 0 bridgehead atoms. The fourth-order valence-corrected chi connectivity index (χ4v) is 2.46. The van der Waals surface area contributed by atoms with Gasteiger partial charge in [0.25, 0.3) is 0 Å². The number of carbonyl (C=O) groups is 2. The van der Waals surface area contributed by atoms with Crippen molar-refractivity contribution >= 4 is 39.4 Å². The number of nitrogens with zero attached hydrogens (tertiary/aromatic N) is 1. The van der Waals surface area contributed by atoms with E-state index in [1.54, 1.807) is 19.2 Å². The standard InChI is InChI=1S/C15H14N4O3/c1-3-22-15(21)11-4-8-6-17-14-10(18-7(2)20)5-9(16)13(19-11)12(8)14/h4-6,16,19H,3H2,1-2H3,(H,18,20). The Bertz CT molecular complexity index is 945. The number of rotatable bonds is 3. The van der Waals surface area contributed by atoms with Gasteiger partial charge >= 0.3 is 5.97 Å². The van der Waals surface area contributed by atoms with Gasteiger partial charge in [0.05, 0.1) is 28.7 Å². The van der Waals surface area contributed by atoms with Crippen LogP contribution in [0.2, 0.25) is 0 Å². The molecule has 7 nitrogen and oxygen atoms in total. The Kier molecular flexibility index (Phi) is 3.25. The number of hydrogen-bond acceptors (Lipinski definition) is 5. The highest BCUT2D eigenvalue weighted by Crippen LogP contribution is 2.29. The first-order valence-electron chi connectivity index (χ1n) is 6.78. The Morgan fingerprint density at radius 3 is 2.86 bits per heavy atom. The van der Waals surface area contributed by atoms with Crippen LogP contribution in [0.4, 0.5) is 5.69 Å². The second kappa shape index (κ2) is 5.10. The number of ether oxygens (including phenoxy) is 1. The van der Waals surface area contributed by atoms with Crippen LogP contribution in [0.1, 0.15) is 24.3 Å². The highest BCUT2D eigenvalue weighted by molar-refractivity contribution is 6.15. The quantitative estimate of drug-likeness (QED) is 0.640. The molecular weight excluding hydrogens is 284 g/mol. The molecule has 112 valence electrons. The number of aromatic amines is 1. The molecule has 0 atom stereocenters.